The molecule has 2 heterocycles. The van der Waals surface area contributed by atoms with E-state index in [1.807, 2.05) is 36.4 Å². The zero-order valence-corrected chi connectivity index (χ0v) is 12.1. The molecule has 0 amide bonds. The summed E-state index contributed by atoms with van der Waals surface area (Å²) in [5.41, 5.74) is 10.1. The molecule has 0 aliphatic heterocycles. The Morgan fingerprint density at radius 1 is 1.05 bits per heavy atom. The van der Waals surface area contributed by atoms with Gasteiger partial charge in [0.05, 0.1) is 18.1 Å². The Labute approximate surface area is 123 Å². The van der Waals surface area contributed by atoms with Crippen LogP contribution in [0.25, 0.3) is 16.9 Å². The predicted octanol–water partition coefficient (Wildman–Crippen LogP) is 3.03. The quantitative estimate of drug-likeness (QED) is 0.800. The predicted molar refractivity (Wildman–Crippen MR) is 83.1 cm³/mol. The lowest BCUT2D eigenvalue weighted by molar-refractivity contribution is 0.867. The van der Waals surface area contributed by atoms with E-state index >= 15 is 0 Å². The van der Waals surface area contributed by atoms with Gasteiger partial charge in [0.2, 0.25) is 0 Å². The molecular weight excluding hydrogens is 262 g/mol. The molecule has 0 spiro atoms. The van der Waals surface area contributed by atoms with E-state index in [2.05, 4.69) is 24.0 Å². The number of hydrogen-bond donors (Lipinski definition) is 1. The highest BCUT2D eigenvalue weighted by Crippen LogP contribution is 2.33. The van der Waals surface area contributed by atoms with Gasteiger partial charge < -0.3 is 5.73 Å². The van der Waals surface area contributed by atoms with E-state index in [4.69, 9.17) is 10.8 Å². The highest BCUT2D eigenvalue weighted by molar-refractivity contribution is 5.69. The molecule has 3 rings (SSSR count). The smallest absolute Gasteiger partial charge is 0.131 e. The first-order chi connectivity index (χ1) is 10.2. The van der Waals surface area contributed by atoms with Crippen LogP contribution in [0.1, 0.15) is 25.3 Å². The number of para-hydroxylation sites is 1. The van der Waals surface area contributed by atoms with Crippen LogP contribution in [0.4, 0.5) is 5.82 Å². The SMILES string of the molecule is CC(C)c1c(-c2ccnnc2)nn(-c2ccccc2)c1N. The zero-order chi connectivity index (χ0) is 14.8. The first kappa shape index (κ1) is 13.3. The number of aromatic nitrogens is 4. The lowest BCUT2D eigenvalue weighted by Gasteiger charge is -2.07. The van der Waals surface area contributed by atoms with Gasteiger partial charge in [-0.05, 0) is 24.1 Å². The molecule has 0 unspecified atom stereocenters. The molecule has 106 valence electrons. The molecule has 0 aliphatic carbocycles. The molecule has 0 saturated heterocycles. The van der Waals surface area contributed by atoms with E-state index in [0.29, 0.717) is 5.82 Å². The summed E-state index contributed by atoms with van der Waals surface area (Å²) in [6.07, 6.45) is 3.38. The van der Waals surface area contributed by atoms with Crippen molar-refractivity contribution >= 4 is 5.82 Å². The minimum Gasteiger partial charge on any atom is -0.383 e. The maximum atomic E-state index is 6.34. The average Bonchev–Trinajstić information content (AvgIpc) is 2.87. The van der Waals surface area contributed by atoms with Crippen molar-refractivity contribution < 1.29 is 0 Å². The maximum Gasteiger partial charge on any atom is 0.131 e. The van der Waals surface area contributed by atoms with E-state index in [1.165, 1.54) is 0 Å². The topological polar surface area (TPSA) is 69.6 Å². The van der Waals surface area contributed by atoms with Crippen molar-refractivity contribution in [3.8, 4) is 16.9 Å². The summed E-state index contributed by atoms with van der Waals surface area (Å²) in [5, 5.41) is 12.4. The minimum atomic E-state index is 0.269. The summed E-state index contributed by atoms with van der Waals surface area (Å²) >= 11 is 0. The summed E-state index contributed by atoms with van der Waals surface area (Å²) < 4.78 is 1.78. The van der Waals surface area contributed by atoms with Gasteiger partial charge in [-0.15, -0.1) is 0 Å². The number of anilines is 1. The Balaban J connectivity index is 2.22. The standard InChI is InChI=1S/C16H17N5/c1-11(2)14-15(12-8-9-18-19-10-12)20-21(16(14)17)13-6-4-3-5-7-13/h3-11H,17H2,1-2H3. The molecule has 0 saturated carbocycles. The van der Waals surface area contributed by atoms with Crippen molar-refractivity contribution in [3.05, 3.63) is 54.4 Å². The Bertz CT molecular complexity index is 732. The second-order valence-electron chi connectivity index (χ2n) is 5.18. The van der Waals surface area contributed by atoms with Gasteiger partial charge in [-0.25, -0.2) is 4.68 Å². The molecule has 1 aromatic carbocycles. The monoisotopic (exact) mass is 279 g/mol. The van der Waals surface area contributed by atoms with Gasteiger partial charge in [-0.2, -0.15) is 15.3 Å². The number of nitrogens with two attached hydrogens (primary N) is 1. The summed E-state index contributed by atoms with van der Waals surface area (Å²) in [6, 6.07) is 11.8. The Hall–Kier alpha value is -2.69. The number of hydrogen-bond acceptors (Lipinski definition) is 4. The van der Waals surface area contributed by atoms with E-state index < -0.39 is 0 Å². The van der Waals surface area contributed by atoms with Gasteiger partial charge in [0.15, 0.2) is 0 Å². The second-order valence-corrected chi connectivity index (χ2v) is 5.18. The fraction of sp³-hybridized carbons (Fsp3) is 0.188. The second kappa shape index (κ2) is 5.36. The van der Waals surface area contributed by atoms with Crippen LogP contribution in [-0.2, 0) is 0 Å². The zero-order valence-electron chi connectivity index (χ0n) is 12.1. The largest absolute Gasteiger partial charge is 0.383 e. The normalized spacial score (nSPS) is 11.0. The molecule has 0 atom stereocenters. The van der Waals surface area contributed by atoms with Crippen LogP contribution in [0.2, 0.25) is 0 Å². The van der Waals surface area contributed by atoms with Crippen LogP contribution in [0.15, 0.2) is 48.8 Å². The lowest BCUT2D eigenvalue weighted by atomic mass is 10.00. The van der Waals surface area contributed by atoms with Gasteiger partial charge in [0, 0.05) is 11.1 Å². The highest BCUT2D eigenvalue weighted by Gasteiger charge is 2.20. The molecule has 0 aliphatic rings. The van der Waals surface area contributed by atoms with E-state index in [1.54, 1.807) is 17.1 Å². The number of benzene rings is 1. The van der Waals surface area contributed by atoms with Crippen LogP contribution in [-0.4, -0.2) is 20.0 Å². The van der Waals surface area contributed by atoms with Gasteiger partial charge >= 0.3 is 0 Å². The number of rotatable bonds is 3. The Morgan fingerprint density at radius 3 is 2.43 bits per heavy atom. The lowest BCUT2D eigenvalue weighted by Crippen LogP contribution is -2.03. The van der Waals surface area contributed by atoms with Crippen molar-refractivity contribution in [1.29, 1.82) is 0 Å². The van der Waals surface area contributed by atoms with Crippen molar-refractivity contribution in [2.24, 2.45) is 0 Å². The third-order valence-corrected chi connectivity index (χ3v) is 3.40. The molecule has 5 nitrogen and oxygen atoms in total. The Kier molecular flexibility index (Phi) is 3.39. The summed E-state index contributed by atoms with van der Waals surface area (Å²) in [5.74, 6) is 0.939. The van der Waals surface area contributed by atoms with Gasteiger partial charge in [-0.3, -0.25) is 0 Å². The van der Waals surface area contributed by atoms with E-state index in [-0.39, 0.29) is 5.92 Å². The molecule has 0 fully saturated rings. The van der Waals surface area contributed by atoms with Gasteiger partial charge in [0.25, 0.3) is 0 Å². The summed E-state index contributed by atoms with van der Waals surface area (Å²) in [6.45, 7) is 4.22. The molecule has 3 aromatic rings. The molecule has 5 heteroatoms. The van der Waals surface area contributed by atoms with Gasteiger partial charge in [0.1, 0.15) is 11.5 Å². The molecular formula is C16H17N5. The van der Waals surface area contributed by atoms with E-state index in [0.717, 1.165) is 22.5 Å². The molecule has 2 N–H and O–H groups in total. The highest BCUT2D eigenvalue weighted by atomic mass is 15.3. The van der Waals surface area contributed by atoms with Crippen LogP contribution in [0, 0.1) is 0 Å². The van der Waals surface area contributed by atoms with Crippen molar-refractivity contribution in [2.75, 3.05) is 5.73 Å². The fourth-order valence-electron chi connectivity index (χ4n) is 2.42. The summed E-state index contributed by atoms with van der Waals surface area (Å²) in [4.78, 5) is 0. The van der Waals surface area contributed by atoms with Crippen LogP contribution >= 0.6 is 0 Å². The van der Waals surface area contributed by atoms with Crippen molar-refractivity contribution in [3.63, 3.8) is 0 Å². The van der Waals surface area contributed by atoms with Crippen molar-refractivity contribution in [1.82, 2.24) is 20.0 Å². The van der Waals surface area contributed by atoms with Crippen molar-refractivity contribution in [2.45, 2.75) is 19.8 Å². The first-order valence-corrected chi connectivity index (χ1v) is 6.89. The van der Waals surface area contributed by atoms with Crippen LogP contribution in [0.3, 0.4) is 0 Å². The maximum absolute atomic E-state index is 6.34. The third kappa shape index (κ3) is 2.38. The molecule has 0 bridgehead atoms. The third-order valence-electron chi connectivity index (χ3n) is 3.40. The fourth-order valence-corrected chi connectivity index (χ4v) is 2.42. The Morgan fingerprint density at radius 2 is 1.81 bits per heavy atom. The van der Waals surface area contributed by atoms with Crippen LogP contribution < -0.4 is 5.73 Å². The summed E-state index contributed by atoms with van der Waals surface area (Å²) in [7, 11) is 0. The molecule has 21 heavy (non-hydrogen) atoms. The van der Waals surface area contributed by atoms with Gasteiger partial charge in [-0.1, -0.05) is 32.0 Å². The number of nitrogen functional groups attached to an aromatic ring is 1. The average molecular weight is 279 g/mol. The minimum absolute atomic E-state index is 0.269. The molecule has 2 aromatic heterocycles. The van der Waals surface area contributed by atoms with E-state index in [9.17, 15) is 0 Å². The molecule has 0 radical (unpaired) electrons. The van der Waals surface area contributed by atoms with Crippen LogP contribution in [0.5, 0.6) is 0 Å². The number of nitrogens with zero attached hydrogens (tertiary/aromatic N) is 4. The first-order valence-electron chi connectivity index (χ1n) is 6.89.